The van der Waals surface area contributed by atoms with Crippen molar-refractivity contribution in [3.05, 3.63) is 53.2 Å². The van der Waals surface area contributed by atoms with Crippen LogP contribution in [0, 0.1) is 0 Å². The Kier molecular flexibility index (Phi) is 5.76. The van der Waals surface area contributed by atoms with Crippen molar-refractivity contribution in [1.29, 1.82) is 0 Å². The summed E-state index contributed by atoms with van der Waals surface area (Å²) in [5, 5.41) is 3.53. The van der Waals surface area contributed by atoms with Gasteiger partial charge in [-0.25, -0.2) is 4.98 Å². The highest BCUT2D eigenvalue weighted by molar-refractivity contribution is 6.30. The van der Waals surface area contributed by atoms with Crippen LogP contribution in [0.15, 0.2) is 42.6 Å². The fourth-order valence-electron chi connectivity index (χ4n) is 2.81. The zero-order valence-corrected chi connectivity index (χ0v) is 15.0. The zero-order valence-electron chi connectivity index (χ0n) is 14.2. The molecule has 1 aromatic carbocycles. The molecule has 25 heavy (non-hydrogen) atoms. The maximum atomic E-state index is 11.9. The summed E-state index contributed by atoms with van der Waals surface area (Å²) in [4.78, 5) is 18.5. The van der Waals surface area contributed by atoms with Gasteiger partial charge in [0.05, 0.1) is 12.1 Å². The molecule has 0 aliphatic carbocycles. The van der Waals surface area contributed by atoms with Crippen LogP contribution in [-0.4, -0.2) is 36.6 Å². The van der Waals surface area contributed by atoms with E-state index < -0.39 is 0 Å². The van der Waals surface area contributed by atoms with E-state index in [1.54, 1.807) is 6.20 Å². The molecule has 1 atom stereocenters. The summed E-state index contributed by atoms with van der Waals surface area (Å²) in [7, 11) is 0. The normalized spacial score (nSPS) is 16.7. The number of halogens is 1. The zero-order chi connectivity index (χ0) is 17.6. The summed E-state index contributed by atoms with van der Waals surface area (Å²) in [6.07, 6.45) is 3.57. The summed E-state index contributed by atoms with van der Waals surface area (Å²) in [5.41, 5.74) is 0.586. The van der Waals surface area contributed by atoms with E-state index in [9.17, 15) is 4.79 Å². The topological polar surface area (TPSA) is 54.5 Å². The van der Waals surface area contributed by atoms with Gasteiger partial charge in [-0.05, 0) is 36.8 Å². The summed E-state index contributed by atoms with van der Waals surface area (Å²) in [5.74, 6) is 1.57. The molecule has 1 aliphatic rings. The lowest BCUT2D eigenvalue weighted by Crippen LogP contribution is -2.26. The van der Waals surface area contributed by atoms with E-state index in [0.29, 0.717) is 17.1 Å². The fraction of sp³-hybridized carbons (Fsp3) is 0.368. The average molecular weight is 360 g/mol. The Bertz CT molecular complexity index is 721. The molecular formula is C19H22ClN3O2. The largest absolute Gasteiger partial charge is 0.488 e. The van der Waals surface area contributed by atoms with Crippen LogP contribution in [0.4, 0.5) is 5.82 Å². The van der Waals surface area contributed by atoms with Gasteiger partial charge in [0.25, 0.3) is 5.91 Å². The lowest BCUT2D eigenvalue weighted by molar-refractivity contribution is 0.0953. The Morgan fingerprint density at radius 1 is 1.40 bits per heavy atom. The first-order valence-electron chi connectivity index (χ1n) is 8.57. The van der Waals surface area contributed by atoms with Gasteiger partial charge in [0.1, 0.15) is 17.7 Å². The minimum Gasteiger partial charge on any atom is -0.488 e. The van der Waals surface area contributed by atoms with Crippen molar-refractivity contribution in [2.24, 2.45) is 0 Å². The molecule has 2 aromatic rings. The minimum atomic E-state index is -0.0792. The van der Waals surface area contributed by atoms with Gasteiger partial charge in [-0.3, -0.25) is 4.79 Å². The van der Waals surface area contributed by atoms with Crippen molar-refractivity contribution in [1.82, 2.24) is 10.3 Å². The molecule has 1 aliphatic heterocycles. The number of pyridine rings is 1. The molecule has 0 radical (unpaired) electrons. The van der Waals surface area contributed by atoms with Gasteiger partial charge in [0.15, 0.2) is 0 Å². The van der Waals surface area contributed by atoms with E-state index in [1.165, 1.54) is 0 Å². The molecule has 0 saturated carbocycles. The molecule has 132 valence electrons. The summed E-state index contributed by atoms with van der Waals surface area (Å²) in [6, 6.07) is 11.2. The number of hydrogen-bond donors (Lipinski definition) is 1. The third-order valence-corrected chi connectivity index (χ3v) is 4.35. The Morgan fingerprint density at radius 3 is 3.00 bits per heavy atom. The summed E-state index contributed by atoms with van der Waals surface area (Å²) < 4.78 is 6.00. The monoisotopic (exact) mass is 359 g/mol. The smallest absolute Gasteiger partial charge is 0.252 e. The first-order chi connectivity index (χ1) is 12.2. The summed E-state index contributed by atoms with van der Waals surface area (Å²) >= 11 is 5.99. The van der Waals surface area contributed by atoms with Crippen LogP contribution in [0.5, 0.6) is 5.75 Å². The quantitative estimate of drug-likeness (QED) is 0.857. The molecule has 1 saturated heterocycles. The first kappa shape index (κ1) is 17.5. The van der Waals surface area contributed by atoms with E-state index >= 15 is 0 Å². The van der Waals surface area contributed by atoms with Gasteiger partial charge >= 0.3 is 0 Å². The average Bonchev–Trinajstić information content (AvgIpc) is 3.08. The molecule has 5 nitrogen and oxygen atoms in total. The standard InChI is InChI=1S/C19H22ClN3O2/c1-2-9-21-19(24)14-6-7-18(22-12-14)23-10-8-17(13-23)25-16-5-3-4-15(20)11-16/h3-7,11-12,17H,2,8-10,13H2,1H3,(H,21,24). The number of nitrogens with zero attached hydrogens (tertiary/aromatic N) is 2. The van der Waals surface area contributed by atoms with Gasteiger partial charge < -0.3 is 15.0 Å². The molecule has 3 rings (SSSR count). The molecule has 2 heterocycles. The number of carbonyl (C=O) groups is 1. The van der Waals surface area contributed by atoms with Crippen LogP contribution in [-0.2, 0) is 0 Å². The second-order valence-corrected chi connectivity index (χ2v) is 6.53. The van der Waals surface area contributed by atoms with Crippen molar-refractivity contribution >= 4 is 23.3 Å². The van der Waals surface area contributed by atoms with Crippen LogP contribution in [0.1, 0.15) is 30.1 Å². The van der Waals surface area contributed by atoms with Gasteiger partial charge in [0.2, 0.25) is 0 Å². The lowest BCUT2D eigenvalue weighted by atomic mass is 10.2. The van der Waals surface area contributed by atoms with E-state index in [2.05, 4.69) is 15.2 Å². The lowest BCUT2D eigenvalue weighted by Gasteiger charge is -2.18. The second-order valence-electron chi connectivity index (χ2n) is 6.09. The first-order valence-corrected chi connectivity index (χ1v) is 8.95. The highest BCUT2D eigenvalue weighted by atomic mass is 35.5. The van der Waals surface area contributed by atoms with Crippen molar-refractivity contribution in [2.75, 3.05) is 24.5 Å². The highest BCUT2D eigenvalue weighted by Gasteiger charge is 2.25. The SMILES string of the molecule is CCCNC(=O)c1ccc(N2CCC(Oc3cccc(Cl)c3)C2)nc1. The van der Waals surface area contributed by atoms with Crippen LogP contribution in [0.2, 0.25) is 5.02 Å². The highest BCUT2D eigenvalue weighted by Crippen LogP contribution is 2.24. The molecule has 6 heteroatoms. The van der Waals surface area contributed by atoms with Gasteiger partial charge in [-0.2, -0.15) is 0 Å². The van der Waals surface area contributed by atoms with Crippen LogP contribution in [0.3, 0.4) is 0 Å². The predicted octanol–water partition coefficient (Wildman–Crippen LogP) is 3.53. The molecule has 0 bridgehead atoms. The molecular weight excluding hydrogens is 338 g/mol. The Morgan fingerprint density at radius 2 is 2.28 bits per heavy atom. The maximum absolute atomic E-state index is 11.9. The van der Waals surface area contributed by atoms with E-state index in [0.717, 1.165) is 37.5 Å². The van der Waals surface area contributed by atoms with Crippen molar-refractivity contribution in [3.8, 4) is 5.75 Å². The van der Waals surface area contributed by atoms with Gasteiger partial charge in [-0.1, -0.05) is 24.6 Å². The molecule has 1 unspecified atom stereocenters. The molecule has 1 fully saturated rings. The number of anilines is 1. The van der Waals surface area contributed by atoms with E-state index in [4.69, 9.17) is 16.3 Å². The van der Waals surface area contributed by atoms with Crippen molar-refractivity contribution < 1.29 is 9.53 Å². The van der Waals surface area contributed by atoms with Crippen molar-refractivity contribution in [2.45, 2.75) is 25.9 Å². The van der Waals surface area contributed by atoms with E-state index in [-0.39, 0.29) is 12.0 Å². The van der Waals surface area contributed by atoms with Crippen molar-refractivity contribution in [3.63, 3.8) is 0 Å². The molecule has 1 aromatic heterocycles. The van der Waals surface area contributed by atoms with Crippen LogP contribution in [0.25, 0.3) is 0 Å². The molecule has 1 N–H and O–H groups in total. The fourth-order valence-corrected chi connectivity index (χ4v) is 2.99. The van der Waals surface area contributed by atoms with Gasteiger partial charge in [0, 0.05) is 30.7 Å². The number of carbonyl (C=O) groups excluding carboxylic acids is 1. The van der Waals surface area contributed by atoms with Crippen LogP contribution < -0.4 is 15.0 Å². The summed E-state index contributed by atoms with van der Waals surface area (Å²) in [6.45, 7) is 4.34. The number of ether oxygens (including phenoxy) is 1. The molecule has 0 spiro atoms. The maximum Gasteiger partial charge on any atom is 0.252 e. The minimum absolute atomic E-state index is 0.0792. The Balaban J connectivity index is 1.57. The number of hydrogen-bond acceptors (Lipinski definition) is 4. The molecule has 1 amide bonds. The predicted molar refractivity (Wildman–Crippen MR) is 99.6 cm³/mol. The number of amides is 1. The number of nitrogens with one attached hydrogen (secondary N) is 1. The third kappa shape index (κ3) is 4.63. The van der Waals surface area contributed by atoms with Crippen LogP contribution >= 0.6 is 11.6 Å². The number of benzene rings is 1. The number of rotatable bonds is 6. The number of aromatic nitrogens is 1. The third-order valence-electron chi connectivity index (χ3n) is 4.11. The van der Waals surface area contributed by atoms with Gasteiger partial charge in [-0.15, -0.1) is 0 Å². The second kappa shape index (κ2) is 8.21. The Hall–Kier alpha value is -2.27. The Labute approximate surface area is 153 Å². The van der Waals surface area contributed by atoms with E-state index in [1.807, 2.05) is 43.3 Å².